The lowest BCUT2D eigenvalue weighted by Gasteiger charge is -2.12. The van der Waals surface area contributed by atoms with Gasteiger partial charge in [0, 0.05) is 16.3 Å². The molecule has 0 unspecified atom stereocenters. The quantitative estimate of drug-likeness (QED) is 0.540. The van der Waals surface area contributed by atoms with Gasteiger partial charge in [-0.25, -0.2) is 4.98 Å². The first-order valence-corrected chi connectivity index (χ1v) is 8.20. The maximum absolute atomic E-state index is 6.38. The largest absolute Gasteiger partial charge is 0.493 e. The molecule has 2 aromatic carbocycles. The van der Waals surface area contributed by atoms with Crippen molar-refractivity contribution in [2.45, 2.75) is 6.92 Å². The minimum atomic E-state index is 0.480. The van der Waals surface area contributed by atoms with Crippen LogP contribution in [0.4, 0.5) is 0 Å². The fourth-order valence-corrected chi connectivity index (χ4v) is 3.42. The van der Waals surface area contributed by atoms with E-state index in [1.807, 2.05) is 30.3 Å². The van der Waals surface area contributed by atoms with Gasteiger partial charge >= 0.3 is 0 Å². The standard InChI is InChI=1S/C18H15BrClNO2/c1-10-4-6-12-13(8-10)16(19)17(21-18(12)20)11-5-7-14(22-2)15(9-11)23-3/h4-9H,1-3H3. The Kier molecular flexibility index (Phi) is 4.46. The molecule has 23 heavy (non-hydrogen) atoms. The van der Waals surface area contributed by atoms with Crippen LogP contribution in [0.25, 0.3) is 22.0 Å². The lowest BCUT2D eigenvalue weighted by atomic mass is 10.1. The third-order valence-electron chi connectivity index (χ3n) is 3.71. The third-order valence-corrected chi connectivity index (χ3v) is 4.80. The molecule has 1 heterocycles. The minimum Gasteiger partial charge on any atom is -0.493 e. The summed E-state index contributed by atoms with van der Waals surface area (Å²) in [6.07, 6.45) is 0. The molecule has 0 amide bonds. The SMILES string of the molecule is COc1ccc(-c2nc(Cl)c3ccc(C)cc3c2Br)cc1OC. The van der Waals surface area contributed by atoms with Crippen molar-refractivity contribution in [3.8, 4) is 22.8 Å². The van der Waals surface area contributed by atoms with Gasteiger partial charge in [-0.15, -0.1) is 0 Å². The van der Waals surface area contributed by atoms with E-state index in [9.17, 15) is 0 Å². The van der Waals surface area contributed by atoms with E-state index < -0.39 is 0 Å². The number of fused-ring (bicyclic) bond motifs is 1. The monoisotopic (exact) mass is 391 g/mol. The number of hydrogen-bond acceptors (Lipinski definition) is 3. The van der Waals surface area contributed by atoms with Crippen molar-refractivity contribution in [2.24, 2.45) is 0 Å². The normalized spacial score (nSPS) is 10.8. The molecular formula is C18H15BrClNO2. The van der Waals surface area contributed by atoms with Crippen molar-refractivity contribution in [3.05, 3.63) is 51.6 Å². The number of aromatic nitrogens is 1. The van der Waals surface area contributed by atoms with E-state index in [2.05, 4.69) is 33.9 Å². The molecule has 3 aromatic rings. The summed E-state index contributed by atoms with van der Waals surface area (Å²) in [5, 5.41) is 2.44. The van der Waals surface area contributed by atoms with Gasteiger partial charge in [0.25, 0.3) is 0 Å². The lowest BCUT2D eigenvalue weighted by molar-refractivity contribution is 0.355. The highest BCUT2D eigenvalue weighted by molar-refractivity contribution is 9.10. The molecule has 3 nitrogen and oxygen atoms in total. The second kappa shape index (κ2) is 6.38. The Morgan fingerprint density at radius 3 is 2.39 bits per heavy atom. The van der Waals surface area contributed by atoms with Gasteiger partial charge in [0.1, 0.15) is 5.15 Å². The molecule has 1 aromatic heterocycles. The van der Waals surface area contributed by atoms with Crippen LogP contribution in [-0.4, -0.2) is 19.2 Å². The van der Waals surface area contributed by atoms with Crippen LogP contribution in [0.15, 0.2) is 40.9 Å². The molecule has 0 atom stereocenters. The van der Waals surface area contributed by atoms with Gasteiger partial charge < -0.3 is 9.47 Å². The van der Waals surface area contributed by atoms with E-state index in [4.69, 9.17) is 21.1 Å². The summed E-state index contributed by atoms with van der Waals surface area (Å²) in [4.78, 5) is 4.55. The van der Waals surface area contributed by atoms with E-state index >= 15 is 0 Å². The van der Waals surface area contributed by atoms with Crippen molar-refractivity contribution in [2.75, 3.05) is 14.2 Å². The van der Waals surface area contributed by atoms with Crippen LogP contribution in [0, 0.1) is 6.92 Å². The third kappa shape index (κ3) is 2.89. The Bertz CT molecular complexity index is 896. The van der Waals surface area contributed by atoms with E-state index in [1.54, 1.807) is 14.2 Å². The molecule has 0 aliphatic carbocycles. The van der Waals surface area contributed by atoms with Crippen LogP contribution in [0.2, 0.25) is 5.15 Å². The average Bonchev–Trinajstić information content (AvgIpc) is 2.57. The topological polar surface area (TPSA) is 31.4 Å². The summed E-state index contributed by atoms with van der Waals surface area (Å²) < 4.78 is 11.6. The van der Waals surface area contributed by atoms with Crippen LogP contribution in [0.5, 0.6) is 11.5 Å². The zero-order valence-electron chi connectivity index (χ0n) is 13.0. The Labute approximate surface area is 148 Å². The number of aryl methyl sites for hydroxylation is 1. The predicted octanol–water partition coefficient (Wildman–Crippen LogP) is 5.64. The summed E-state index contributed by atoms with van der Waals surface area (Å²) >= 11 is 10.1. The van der Waals surface area contributed by atoms with Crippen LogP contribution in [0.3, 0.4) is 0 Å². The number of rotatable bonds is 3. The first-order chi connectivity index (χ1) is 11.0. The second-order valence-corrected chi connectivity index (χ2v) is 6.34. The Morgan fingerprint density at radius 2 is 1.70 bits per heavy atom. The first-order valence-electron chi connectivity index (χ1n) is 7.03. The van der Waals surface area contributed by atoms with Gasteiger partial charge in [0.15, 0.2) is 11.5 Å². The van der Waals surface area contributed by atoms with Gasteiger partial charge in [-0.3, -0.25) is 0 Å². The molecule has 0 saturated carbocycles. The van der Waals surface area contributed by atoms with E-state index in [1.165, 1.54) is 5.56 Å². The summed E-state index contributed by atoms with van der Waals surface area (Å²) in [7, 11) is 3.22. The predicted molar refractivity (Wildman–Crippen MR) is 97.7 cm³/mol. The van der Waals surface area contributed by atoms with Crippen molar-refractivity contribution in [3.63, 3.8) is 0 Å². The summed E-state index contributed by atoms with van der Waals surface area (Å²) in [5.41, 5.74) is 2.84. The number of ether oxygens (including phenoxy) is 2. The van der Waals surface area contributed by atoms with Crippen LogP contribution >= 0.6 is 27.5 Å². The highest BCUT2D eigenvalue weighted by Gasteiger charge is 2.15. The Hall–Kier alpha value is -1.78. The van der Waals surface area contributed by atoms with Gasteiger partial charge in [-0.2, -0.15) is 0 Å². The van der Waals surface area contributed by atoms with E-state index in [0.29, 0.717) is 16.7 Å². The van der Waals surface area contributed by atoms with E-state index in [-0.39, 0.29) is 0 Å². The molecule has 0 radical (unpaired) electrons. The Balaban J connectivity index is 2.26. The minimum absolute atomic E-state index is 0.480. The molecule has 0 N–H and O–H groups in total. The molecule has 0 spiro atoms. The molecule has 0 aliphatic heterocycles. The smallest absolute Gasteiger partial charge is 0.161 e. The number of pyridine rings is 1. The fourth-order valence-electron chi connectivity index (χ4n) is 2.53. The number of methoxy groups -OCH3 is 2. The summed E-state index contributed by atoms with van der Waals surface area (Å²) in [6, 6.07) is 11.8. The summed E-state index contributed by atoms with van der Waals surface area (Å²) in [6.45, 7) is 2.05. The maximum atomic E-state index is 6.38. The number of nitrogens with zero attached hydrogens (tertiary/aromatic N) is 1. The fraction of sp³-hybridized carbons (Fsp3) is 0.167. The lowest BCUT2D eigenvalue weighted by Crippen LogP contribution is -1.93. The molecule has 0 bridgehead atoms. The molecular weight excluding hydrogens is 378 g/mol. The number of halogens is 2. The molecule has 0 saturated heterocycles. The van der Waals surface area contributed by atoms with Crippen molar-refractivity contribution < 1.29 is 9.47 Å². The van der Waals surface area contributed by atoms with Crippen molar-refractivity contribution >= 4 is 38.3 Å². The highest BCUT2D eigenvalue weighted by Crippen LogP contribution is 2.39. The van der Waals surface area contributed by atoms with Gasteiger partial charge in [0.2, 0.25) is 0 Å². The summed E-state index contributed by atoms with van der Waals surface area (Å²) in [5.74, 6) is 1.33. The molecule has 0 fully saturated rings. The van der Waals surface area contributed by atoms with E-state index in [0.717, 1.165) is 26.5 Å². The zero-order chi connectivity index (χ0) is 16.6. The van der Waals surface area contributed by atoms with Gasteiger partial charge in [-0.1, -0.05) is 35.4 Å². The first kappa shape index (κ1) is 16.1. The van der Waals surface area contributed by atoms with Crippen LogP contribution in [-0.2, 0) is 0 Å². The van der Waals surface area contributed by atoms with Crippen molar-refractivity contribution in [1.82, 2.24) is 4.98 Å². The zero-order valence-corrected chi connectivity index (χ0v) is 15.3. The molecule has 5 heteroatoms. The Morgan fingerprint density at radius 1 is 0.957 bits per heavy atom. The average molecular weight is 393 g/mol. The maximum Gasteiger partial charge on any atom is 0.161 e. The van der Waals surface area contributed by atoms with Gasteiger partial charge in [0.05, 0.1) is 24.4 Å². The molecule has 118 valence electrons. The number of hydrogen-bond donors (Lipinski definition) is 0. The number of benzene rings is 2. The highest BCUT2D eigenvalue weighted by atomic mass is 79.9. The molecule has 0 aliphatic rings. The van der Waals surface area contributed by atoms with Crippen molar-refractivity contribution in [1.29, 1.82) is 0 Å². The van der Waals surface area contributed by atoms with Crippen LogP contribution < -0.4 is 9.47 Å². The van der Waals surface area contributed by atoms with Gasteiger partial charge in [-0.05, 0) is 41.1 Å². The second-order valence-electron chi connectivity index (χ2n) is 5.18. The molecule has 3 rings (SSSR count). The van der Waals surface area contributed by atoms with Crippen LogP contribution in [0.1, 0.15) is 5.56 Å².